The van der Waals surface area contributed by atoms with Crippen molar-refractivity contribution in [1.29, 1.82) is 0 Å². The number of fused-ring (bicyclic) bond motifs is 1. The number of hydrogen-bond donors (Lipinski definition) is 0. The van der Waals surface area contributed by atoms with Crippen molar-refractivity contribution >= 4 is 27.1 Å². The summed E-state index contributed by atoms with van der Waals surface area (Å²) in [7, 11) is -3.40. The van der Waals surface area contributed by atoms with Crippen LogP contribution in [0.3, 0.4) is 0 Å². The van der Waals surface area contributed by atoms with Crippen molar-refractivity contribution in [2.24, 2.45) is 0 Å². The molecule has 1 atom stereocenters. The Hall–Kier alpha value is -1.97. The van der Waals surface area contributed by atoms with Gasteiger partial charge in [0.2, 0.25) is 5.91 Å². The molecule has 2 saturated heterocycles. The number of piperazine rings is 1. The minimum Gasteiger partial charge on any atom is -0.338 e. The zero-order chi connectivity index (χ0) is 20.6. The van der Waals surface area contributed by atoms with Crippen LogP contribution in [0.2, 0.25) is 0 Å². The predicted octanol–water partition coefficient (Wildman–Crippen LogP) is 1.64. The summed E-state index contributed by atoms with van der Waals surface area (Å²) in [5.41, 5.74) is 1.85. The summed E-state index contributed by atoms with van der Waals surface area (Å²) in [6.07, 6.45) is 2.59. The van der Waals surface area contributed by atoms with E-state index in [0.717, 1.165) is 36.1 Å². The van der Waals surface area contributed by atoms with Gasteiger partial charge in [-0.1, -0.05) is 19.1 Å². The van der Waals surface area contributed by atoms with Gasteiger partial charge in [0.25, 0.3) is 10.2 Å². The van der Waals surface area contributed by atoms with E-state index in [-0.39, 0.29) is 11.9 Å². The van der Waals surface area contributed by atoms with Crippen LogP contribution in [-0.4, -0.2) is 76.7 Å². The number of hydrogen-bond acceptors (Lipinski definition) is 4. The molecule has 0 saturated carbocycles. The zero-order valence-electron chi connectivity index (χ0n) is 17.1. The number of rotatable bonds is 5. The minimum atomic E-state index is -3.40. The average molecular weight is 420 g/mol. The second-order valence-electron chi connectivity index (χ2n) is 7.75. The van der Waals surface area contributed by atoms with E-state index >= 15 is 0 Å². The van der Waals surface area contributed by atoms with Gasteiger partial charge in [0.05, 0.1) is 11.0 Å². The summed E-state index contributed by atoms with van der Waals surface area (Å²) < 4.78 is 30.6. The van der Waals surface area contributed by atoms with E-state index in [9.17, 15) is 13.2 Å². The van der Waals surface area contributed by atoms with E-state index in [0.29, 0.717) is 39.3 Å². The Kier molecular flexibility index (Phi) is 5.63. The van der Waals surface area contributed by atoms with Crippen molar-refractivity contribution < 1.29 is 13.2 Å². The third-order valence-electron chi connectivity index (χ3n) is 6.00. The lowest BCUT2D eigenvalue weighted by Gasteiger charge is -2.37. The summed E-state index contributed by atoms with van der Waals surface area (Å²) in [6, 6.07) is 7.49. The SMILES string of the molecule is CCc1nc2ccccc2n1C(C)C(=O)N1CCN(S(=O)(=O)N2CCCC2)CC1. The highest BCUT2D eigenvalue weighted by Crippen LogP contribution is 2.24. The Morgan fingerprint density at radius 3 is 2.31 bits per heavy atom. The molecule has 4 rings (SSSR count). The van der Waals surface area contributed by atoms with Crippen LogP contribution in [0.15, 0.2) is 24.3 Å². The van der Waals surface area contributed by atoms with Crippen molar-refractivity contribution in [3.63, 3.8) is 0 Å². The van der Waals surface area contributed by atoms with Gasteiger partial charge >= 0.3 is 0 Å². The van der Waals surface area contributed by atoms with Crippen LogP contribution in [0.5, 0.6) is 0 Å². The fourth-order valence-corrected chi connectivity index (χ4v) is 6.04. The summed E-state index contributed by atoms with van der Waals surface area (Å²) in [4.78, 5) is 19.7. The Morgan fingerprint density at radius 1 is 1.03 bits per heavy atom. The molecule has 2 aliphatic rings. The lowest BCUT2D eigenvalue weighted by molar-refractivity contribution is -0.135. The largest absolute Gasteiger partial charge is 0.338 e. The van der Waals surface area contributed by atoms with E-state index in [2.05, 4.69) is 4.98 Å². The molecule has 0 N–H and O–H groups in total. The first-order valence-corrected chi connectivity index (χ1v) is 11.8. The number of carbonyl (C=O) groups excluding carboxylic acids is 1. The van der Waals surface area contributed by atoms with Gasteiger partial charge in [-0.3, -0.25) is 4.79 Å². The Labute approximate surface area is 172 Å². The van der Waals surface area contributed by atoms with Gasteiger partial charge in [-0.25, -0.2) is 4.98 Å². The summed E-state index contributed by atoms with van der Waals surface area (Å²) in [5, 5.41) is 0. The number of amides is 1. The Balaban J connectivity index is 1.47. The zero-order valence-corrected chi connectivity index (χ0v) is 17.9. The Morgan fingerprint density at radius 2 is 1.66 bits per heavy atom. The van der Waals surface area contributed by atoms with E-state index in [1.54, 1.807) is 9.21 Å². The lowest BCUT2D eigenvalue weighted by atomic mass is 10.2. The number of imidazole rings is 1. The molecular formula is C20H29N5O3S. The second-order valence-corrected chi connectivity index (χ2v) is 9.68. The van der Waals surface area contributed by atoms with Crippen molar-refractivity contribution in [1.82, 2.24) is 23.1 Å². The standard InChI is InChI=1S/C20H29N5O3S/c1-3-19-21-17-8-4-5-9-18(17)25(19)16(2)20(26)22-12-14-24(15-13-22)29(27,28)23-10-6-7-11-23/h4-5,8-9,16H,3,6-7,10-15H2,1-2H3. The first kappa shape index (κ1) is 20.3. The summed E-state index contributed by atoms with van der Waals surface area (Å²) >= 11 is 0. The highest BCUT2D eigenvalue weighted by atomic mass is 32.2. The topological polar surface area (TPSA) is 78.8 Å². The number of carbonyl (C=O) groups is 1. The number of aromatic nitrogens is 2. The molecule has 0 aliphatic carbocycles. The highest BCUT2D eigenvalue weighted by Gasteiger charge is 2.35. The normalized spacial score (nSPS) is 20.4. The van der Waals surface area contributed by atoms with Gasteiger partial charge in [0, 0.05) is 45.7 Å². The quantitative estimate of drug-likeness (QED) is 0.738. The highest BCUT2D eigenvalue weighted by molar-refractivity contribution is 7.86. The van der Waals surface area contributed by atoms with Crippen LogP contribution < -0.4 is 0 Å². The van der Waals surface area contributed by atoms with Gasteiger partial charge in [0.1, 0.15) is 11.9 Å². The van der Waals surface area contributed by atoms with Gasteiger partial charge < -0.3 is 9.47 Å². The van der Waals surface area contributed by atoms with Crippen LogP contribution >= 0.6 is 0 Å². The van der Waals surface area contributed by atoms with Gasteiger partial charge in [0.15, 0.2) is 0 Å². The molecule has 1 unspecified atom stereocenters. The number of para-hydroxylation sites is 2. The first-order valence-electron chi connectivity index (χ1n) is 10.4. The fraction of sp³-hybridized carbons (Fsp3) is 0.600. The molecule has 0 bridgehead atoms. The van der Waals surface area contributed by atoms with E-state index < -0.39 is 10.2 Å². The molecule has 3 heterocycles. The van der Waals surface area contributed by atoms with Crippen LogP contribution in [0.25, 0.3) is 11.0 Å². The van der Waals surface area contributed by atoms with Gasteiger partial charge in [-0.2, -0.15) is 17.0 Å². The van der Waals surface area contributed by atoms with E-state index in [4.69, 9.17) is 0 Å². The molecule has 1 amide bonds. The van der Waals surface area contributed by atoms with Crippen LogP contribution in [0.1, 0.15) is 38.6 Å². The second kappa shape index (κ2) is 8.04. The molecule has 1 aromatic carbocycles. The maximum absolute atomic E-state index is 13.2. The molecule has 0 spiro atoms. The minimum absolute atomic E-state index is 0.0149. The predicted molar refractivity (Wildman–Crippen MR) is 112 cm³/mol. The molecule has 8 nitrogen and oxygen atoms in total. The molecule has 9 heteroatoms. The van der Waals surface area contributed by atoms with Crippen LogP contribution in [0.4, 0.5) is 0 Å². The monoisotopic (exact) mass is 419 g/mol. The van der Waals surface area contributed by atoms with Crippen molar-refractivity contribution in [3.8, 4) is 0 Å². The van der Waals surface area contributed by atoms with Crippen LogP contribution in [-0.2, 0) is 21.4 Å². The molecule has 158 valence electrons. The number of nitrogens with zero attached hydrogens (tertiary/aromatic N) is 5. The molecule has 1 aromatic heterocycles. The number of aryl methyl sites for hydroxylation is 1. The fourth-order valence-electron chi connectivity index (χ4n) is 4.37. The smallest absolute Gasteiger partial charge is 0.282 e. The third-order valence-corrected chi connectivity index (χ3v) is 8.03. The maximum atomic E-state index is 13.2. The number of benzene rings is 1. The summed E-state index contributed by atoms with van der Waals surface area (Å²) in [6.45, 7) is 6.69. The average Bonchev–Trinajstić information content (AvgIpc) is 3.41. The maximum Gasteiger partial charge on any atom is 0.282 e. The molecule has 2 aliphatic heterocycles. The first-order chi connectivity index (χ1) is 13.9. The Bertz CT molecular complexity index is 989. The van der Waals surface area contributed by atoms with E-state index in [1.807, 2.05) is 42.7 Å². The molecule has 0 radical (unpaired) electrons. The lowest BCUT2D eigenvalue weighted by Crippen LogP contribution is -2.54. The molecule has 2 aromatic rings. The van der Waals surface area contributed by atoms with Gasteiger partial charge in [-0.15, -0.1) is 0 Å². The third kappa shape index (κ3) is 3.67. The van der Waals surface area contributed by atoms with Crippen molar-refractivity contribution in [2.75, 3.05) is 39.3 Å². The van der Waals surface area contributed by atoms with E-state index in [1.165, 1.54) is 4.31 Å². The van der Waals surface area contributed by atoms with Crippen molar-refractivity contribution in [3.05, 3.63) is 30.1 Å². The van der Waals surface area contributed by atoms with Gasteiger partial charge in [-0.05, 0) is 31.9 Å². The molecule has 29 heavy (non-hydrogen) atoms. The van der Waals surface area contributed by atoms with Crippen LogP contribution in [0, 0.1) is 0 Å². The van der Waals surface area contributed by atoms with Crippen molar-refractivity contribution in [2.45, 2.75) is 39.2 Å². The molecular weight excluding hydrogens is 390 g/mol. The molecule has 2 fully saturated rings. The summed E-state index contributed by atoms with van der Waals surface area (Å²) in [5.74, 6) is 0.906.